The molecule has 0 aliphatic carbocycles. The number of nitrogens with one attached hydrogen (secondary N) is 1. The van der Waals surface area contributed by atoms with Crippen LogP contribution < -0.4 is 15.8 Å². The number of halogens is 2. The Balaban J connectivity index is 2.14. The molecule has 0 fully saturated rings. The molecule has 0 aromatic heterocycles. The number of rotatable bonds is 7. The lowest BCUT2D eigenvalue weighted by atomic mass is 10.1. The van der Waals surface area contributed by atoms with Crippen LogP contribution in [0.4, 0.5) is 0 Å². The van der Waals surface area contributed by atoms with Crippen molar-refractivity contribution in [3.05, 3.63) is 62.5 Å². The minimum atomic E-state index is -0.527. The smallest absolute Gasteiger partial charge is 0.239 e. The zero-order chi connectivity index (χ0) is 16.8. The van der Waals surface area contributed by atoms with E-state index in [9.17, 15) is 4.79 Å². The van der Waals surface area contributed by atoms with E-state index in [2.05, 4.69) is 37.2 Å². The summed E-state index contributed by atoms with van der Waals surface area (Å²) in [6, 6.07) is 12.8. The van der Waals surface area contributed by atoms with E-state index in [1.807, 2.05) is 49.4 Å². The van der Waals surface area contributed by atoms with Crippen molar-refractivity contribution in [2.75, 3.05) is 6.61 Å². The molecular weight excluding hydrogens is 424 g/mol. The van der Waals surface area contributed by atoms with Crippen LogP contribution in [0.15, 0.2) is 51.4 Å². The van der Waals surface area contributed by atoms with E-state index in [-0.39, 0.29) is 0 Å². The van der Waals surface area contributed by atoms with Gasteiger partial charge in [-0.15, -0.1) is 0 Å². The molecule has 1 amide bonds. The molecule has 0 bridgehead atoms. The fraction of sp³-hybridized carbons (Fsp3) is 0.235. The SMILES string of the molecule is CCOc1c(Br)cc(CNC(C(N)=O)c2ccccc2)cc1Br. The second-order valence-electron chi connectivity index (χ2n) is 4.95. The standard InChI is InChI=1S/C17H18Br2N2O2/c1-2-23-16-13(18)8-11(9-14(16)19)10-21-15(17(20)22)12-6-4-3-5-7-12/h3-9,15,21H,2,10H2,1H3,(H2,20,22). The molecule has 122 valence electrons. The van der Waals surface area contributed by atoms with Gasteiger partial charge in [-0.05, 0) is 62.0 Å². The number of nitrogens with two attached hydrogens (primary N) is 1. The summed E-state index contributed by atoms with van der Waals surface area (Å²) in [7, 11) is 0. The molecule has 1 unspecified atom stereocenters. The van der Waals surface area contributed by atoms with Gasteiger partial charge in [-0.1, -0.05) is 30.3 Å². The zero-order valence-electron chi connectivity index (χ0n) is 12.7. The predicted molar refractivity (Wildman–Crippen MR) is 98.2 cm³/mol. The summed E-state index contributed by atoms with van der Waals surface area (Å²) in [4.78, 5) is 11.7. The van der Waals surface area contributed by atoms with Crippen LogP contribution in [-0.2, 0) is 11.3 Å². The van der Waals surface area contributed by atoms with Crippen LogP contribution in [0.2, 0.25) is 0 Å². The van der Waals surface area contributed by atoms with Crippen LogP contribution in [0, 0.1) is 0 Å². The topological polar surface area (TPSA) is 64.3 Å². The van der Waals surface area contributed by atoms with Crippen molar-refractivity contribution in [1.29, 1.82) is 0 Å². The number of amides is 1. The molecule has 2 aromatic rings. The highest BCUT2D eigenvalue weighted by Crippen LogP contribution is 2.34. The van der Waals surface area contributed by atoms with E-state index >= 15 is 0 Å². The molecule has 0 aliphatic rings. The van der Waals surface area contributed by atoms with Crippen molar-refractivity contribution >= 4 is 37.8 Å². The Kier molecular flexibility index (Phi) is 6.62. The molecule has 3 N–H and O–H groups in total. The average Bonchev–Trinajstić information content (AvgIpc) is 2.52. The molecule has 0 radical (unpaired) electrons. The van der Waals surface area contributed by atoms with E-state index in [4.69, 9.17) is 10.5 Å². The van der Waals surface area contributed by atoms with Crippen LogP contribution in [0.1, 0.15) is 24.1 Å². The van der Waals surface area contributed by atoms with Gasteiger partial charge in [0.1, 0.15) is 11.8 Å². The summed E-state index contributed by atoms with van der Waals surface area (Å²) < 4.78 is 7.29. The number of carbonyl (C=O) groups is 1. The van der Waals surface area contributed by atoms with Gasteiger partial charge in [-0.25, -0.2) is 0 Å². The largest absolute Gasteiger partial charge is 0.492 e. The van der Waals surface area contributed by atoms with Gasteiger partial charge in [-0.2, -0.15) is 0 Å². The highest BCUT2D eigenvalue weighted by Gasteiger charge is 2.17. The quantitative estimate of drug-likeness (QED) is 0.684. The van der Waals surface area contributed by atoms with Gasteiger partial charge in [-0.3, -0.25) is 10.1 Å². The second-order valence-corrected chi connectivity index (χ2v) is 6.66. The lowest BCUT2D eigenvalue weighted by Crippen LogP contribution is -2.33. The molecule has 0 saturated carbocycles. The van der Waals surface area contributed by atoms with Crippen molar-refractivity contribution < 1.29 is 9.53 Å². The molecule has 1 atom stereocenters. The Morgan fingerprint density at radius 2 is 1.83 bits per heavy atom. The molecule has 0 heterocycles. The maximum Gasteiger partial charge on any atom is 0.239 e. The normalized spacial score (nSPS) is 12.0. The Labute approximate surface area is 152 Å². The van der Waals surface area contributed by atoms with E-state index in [1.54, 1.807) is 0 Å². The summed E-state index contributed by atoms with van der Waals surface area (Å²) in [5.41, 5.74) is 7.38. The molecule has 2 rings (SSSR count). The van der Waals surface area contributed by atoms with Gasteiger partial charge in [0.15, 0.2) is 0 Å². The van der Waals surface area contributed by atoms with Crippen molar-refractivity contribution in [2.24, 2.45) is 5.73 Å². The van der Waals surface area contributed by atoms with Crippen LogP contribution in [0.25, 0.3) is 0 Å². The van der Waals surface area contributed by atoms with Crippen LogP contribution >= 0.6 is 31.9 Å². The average molecular weight is 442 g/mol. The van der Waals surface area contributed by atoms with Gasteiger partial charge in [0, 0.05) is 6.54 Å². The van der Waals surface area contributed by atoms with Crippen molar-refractivity contribution in [3.63, 3.8) is 0 Å². The maximum absolute atomic E-state index is 11.7. The van der Waals surface area contributed by atoms with E-state index in [0.717, 1.165) is 25.8 Å². The monoisotopic (exact) mass is 440 g/mol. The number of benzene rings is 2. The third kappa shape index (κ3) is 4.80. The molecule has 0 saturated heterocycles. The second kappa shape index (κ2) is 8.47. The number of carbonyl (C=O) groups excluding carboxylic acids is 1. The van der Waals surface area contributed by atoms with E-state index < -0.39 is 11.9 Å². The summed E-state index contributed by atoms with van der Waals surface area (Å²) in [5, 5.41) is 3.20. The first-order valence-electron chi connectivity index (χ1n) is 7.21. The summed E-state index contributed by atoms with van der Waals surface area (Å²) in [6.45, 7) is 3.03. The highest BCUT2D eigenvalue weighted by molar-refractivity contribution is 9.11. The summed E-state index contributed by atoms with van der Waals surface area (Å²) in [5.74, 6) is 0.367. The van der Waals surface area contributed by atoms with Crippen molar-refractivity contribution in [2.45, 2.75) is 19.5 Å². The zero-order valence-corrected chi connectivity index (χ0v) is 15.9. The van der Waals surface area contributed by atoms with Crippen LogP contribution in [0.3, 0.4) is 0 Å². The van der Waals surface area contributed by atoms with E-state index in [1.165, 1.54) is 0 Å². The number of ether oxygens (including phenoxy) is 1. The third-order valence-electron chi connectivity index (χ3n) is 3.27. The van der Waals surface area contributed by atoms with Crippen LogP contribution in [0.5, 0.6) is 5.75 Å². The fourth-order valence-corrected chi connectivity index (χ4v) is 3.75. The molecule has 0 spiro atoms. The minimum absolute atomic E-state index is 0.403. The van der Waals surface area contributed by atoms with Gasteiger partial charge >= 0.3 is 0 Å². The van der Waals surface area contributed by atoms with E-state index in [0.29, 0.717) is 13.2 Å². The molecule has 0 aliphatic heterocycles. The first kappa shape index (κ1) is 18.0. The lowest BCUT2D eigenvalue weighted by Gasteiger charge is -2.17. The number of primary amides is 1. The predicted octanol–water partition coefficient (Wildman–Crippen LogP) is 3.93. The molecule has 2 aromatic carbocycles. The van der Waals surface area contributed by atoms with Crippen molar-refractivity contribution in [3.8, 4) is 5.75 Å². The Bertz CT molecular complexity index is 655. The van der Waals surface area contributed by atoms with Crippen molar-refractivity contribution in [1.82, 2.24) is 5.32 Å². The van der Waals surface area contributed by atoms with Gasteiger partial charge in [0.2, 0.25) is 5.91 Å². The van der Waals surface area contributed by atoms with Gasteiger partial charge < -0.3 is 10.5 Å². The molecule has 6 heteroatoms. The number of hydrogen-bond acceptors (Lipinski definition) is 3. The van der Waals surface area contributed by atoms with Gasteiger partial charge in [0.05, 0.1) is 15.6 Å². The number of hydrogen-bond donors (Lipinski definition) is 2. The Morgan fingerprint density at radius 1 is 1.22 bits per heavy atom. The first-order chi connectivity index (χ1) is 11.0. The Morgan fingerprint density at radius 3 is 2.35 bits per heavy atom. The fourth-order valence-electron chi connectivity index (χ4n) is 2.24. The molecule has 23 heavy (non-hydrogen) atoms. The Hall–Kier alpha value is -1.37. The van der Waals surface area contributed by atoms with Gasteiger partial charge in [0.25, 0.3) is 0 Å². The first-order valence-corrected chi connectivity index (χ1v) is 8.80. The molecule has 4 nitrogen and oxygen atoms in total. The third-order valence-corrected chi connectivity index (χ3v) is 4.45. The highest BCUT2D eigenvalue weighted by atomic mass is 79.9. The molecular formula is C17H18Br2N2O2. The van der Waals surface area contributed by atoms with Crippen LogP contribution in [-0.4, -0.2) is 12.5 Å². The summed E-state index contributed by atoms with van der Waals surface area (Å²) in [6.07, 6.45) is 0. The lowest BCUT2D eigenvalue weighted by molar-refractivity contribution is -0.120. The minimum Gasteiger partial charge on any atom is -0.492 e. The summed E-state index contributed by atoms with van der Waals surface area (Å²) >= 11 is 7.01. The maximum atomic E-state index is 11.7.